The van der Waals surface area contributed by atoms with Crippen molar-refractivity contribution in [2.45, 2.75) is 19.2 Å². The Bertz CT molecular complexity index is 398. The van der Waals surface area contributed by atoms with E-state index >= 15 is 0 Å². The summed E-state index contributed by atoms with van der Waals surface area (Å²) in [6.45, 7) is 1.37. The van der Waals surface area contributed by atoms with Crippen LogP contribution in [0.3, 0.4) is 0 Å². The molecule has 0 amide bonds. The first kappa shape index (κ1) is 11.8. The van der Waals surface area contributed by atoms with Crippen molar-refractivity contribution in [3.8, 4) is 0 Å². The maximum atomic E-state index is 12.5. The molecule has 0 radical (unpaired) electrons. The lowest BCUT2D eigenvalue weighted by Gasteiger charge is -2.05. The second kappa shape index (κ2) is 4.48. The van der Waals surface area contributed by atoms with E-state index in [0.29, 0.717) is 0 Å². The number of halogens is 3. The van der Waals surface area contributed by atoms with Gasteiger partial charge in [-0.15, -0.1) is 11.6 Å². The van der Waals surface area contributed by atoms with Crippen LogP contribution in [0.2, 0.25) is 0 Å². The van der Waals surface area contributed by atoms with Crippen molar-refractivity contribution in [1.82, 2.24) is 4.98 Å². The largest absolute Gasteiger partial charge is 0.364 e. The topological polar surface area (TPSA) is 56.0 Å². The first-order chi connectivity index (χ1) is 6.97. The fraction of sp³-hybridized carbons (Fsp3) is 0.375. The summed E-state index contributed by atoms with van der Waals surface area (Å²) in [5, 5.41) is 10.4. The summed E-state index contributed by atoms with van der Waals surface area (Å²) in [6, 6.07) is 1.01. The van der Waals surface area contributed by atoms with Gasteiger partial charge in [-0.05, 0) is 22.4 Å². The Balaban J connectivity index is 3.37. The maximum Gasteiger partial charge on any atom is 0.364 e. The molecule has 1 rings (SSSR count). The van der Waals surface area contributed by atoms with E-state index in [4.69, 9.17) is 11.6 Å². The van der Waals surface area contributed by atoms with Crippen LogP contribution in [-0.4, -0.2) is 9.91 Å². The highest BCUT2D eigenvalue weighted by Gasteiger charge is 2.23. The van der Waals surface area contributed by atoms with Gasteiger partial charge in [0.15, 0.2) is 5.69 Å². The van der Waals surface area contributed by atoms with Crippen LogP contribution in [0.15, 0.2) is 6.07 Å². The Labute approximate surface area is 89.0 Å². The minimum absolute atomic E-state index is 0.127. The fourth-order valence-corrected chi connectivity index (χ4v) is 1.43. The summed E-state index contributed by atoms with van der Waals surface area (Å²) in [5.41, 5.74) is -0.337. The first-order valence-electron chi connectivity index (χ1n) is 3.96. The number of alkyl halides is 3. The molecule has 82 valence electrons. The summed E-state index contributed by atoms with van der Waals surface area (Å²) >= 11 is 5.41. The van der Waals surface area contributed by atoms with E-state index in [1.807, 2.05) is 0 Å². The Morgan fingerprint density at radius 2 is 2.27 bits per heavy atom. The van der Waals surface area contributed by atoms with Crippen LogP contribution in [0, 0.1) is 17.0 Å². The monoisotopic (exact) mass is 236 g/mol. The van der Waals surface area contributed by atoms with E-state index in [9.17, 15) is 18.9 Å². The third kappa shape index (κ3) is 2.38. The molecule has 1 heterocycles. The Morgan fingerprint density at radius 1 is 1.67 bits per heavy atom. The average molecular weight is 237 g/mol. The zero-order chi connectivity index (χ0) is 11.6. The van der Waals surface area contributed by atoms with Crippen LogP contribution in [-0.2, 0) is 5.88 Å². The van der Waals surface area contributed by atoms with Crippen molar-refractivity contribution in [3.05, 3.63) is 33.0 Å². The number of hydrogen-bond acceptors (Lipinski definition) is 3. The predicted octanol–water partition coefficient (Wildman–Crippen LogP) is 2.97. The van der Waals surface area contributed by atoms with Crippen molar-refractivity contribution in [1.29, 1.82) is 0 Å². The summed E-state index contributed by atoms with van der Waals surface area (Å²) < 4.78 is 25.1. The molecule has 4 nitrogen and oxygen atoms in total. The van der Waals surface area contributed by atoms with Gasteiger partial charge >= 0.3 is 5.82 Å². The average Bonchev–Trinajstić information content (AvgIpc) is 2.15. The quantitative estimate of drug-likeness (QED) is 0.461. The standard InChI is InChI=1S/C8H7ClF2N2O2/c1-4-2-6(13(14)15)12-5(3-9)7(4)8(10)11/h2,8H,3H2,1H3. The minimum Gasteiger partial charge on any atom is -0.358 e. The van der Waals surface area contributed by atoms with Gasteiger partial charge in [0.2, 0.25) is 0 Å². The van der Waals surface area contributed by atoms with Gasteiger partial charge in [0.1, 0.15) is 0 Å². The smallest absolute Gasteiger partial charge is 0.358 e. The van der Waals surface area contributed by atoms with Gasteiger partial charge in [-0.25, -0.2) is 8.78 Å². The van der Waals surface area contributed by atoms with Crippen LogP contribution in [0.25, 0.3) is 0 Å². The molecule has 0 bridgehead atoms. The highest BCUT2D eigenvalue weighted by Crippen LogP contribution is 2.28. The molecule has 0 atom stereocenters. The second-order valence-electron chi connectivity index (χ2n) is 2.85. The van der Waals surface area contributed by atoms with Gasteiger partial charge in [0.25, 0.3) is 6.43 Å². The van der Waals surface area contributed by atoms with Crippen molar-refractivity contribution in [3.63, 3.8) is 0 Å². The summed E-state index contributed by atoms with van der Waals surface area (Å²) in [6.07, 6.45) is -2.73. The van der Waals surface area contributed by atoms with Gasteiger partial charge < -0.3 is 10.1 Å². The number of aryl methyl sites for hydroxylation is 1. The van der Waals surface area contributed by atoms with Crippen molar-refractivity contribution >= 4 is 17.4 Å². The molecule has 1 aromatic rings. The number of nitrogens with zero attached hydrogens (tertiary/aromatic N) is 2. The molecule has 7 heteroatoms. The van der Waals surface area contributed by atoms with E-state index < -0.39 is 17.2 Å². The van der Waals surface area contributed by atoms with Gasteiger partial charge in [0, 0.05) is 6.07 Å². The Morgan fingerprint density at radius 3 is 2.67 bits per heavy atom. The number of nitro groups is 1. The van der Waals surface area contributed by atoms with E-state index in [2.05, 4.69) is 4.98 Å². The molecule has 0 aliphatic carbocycles. The highest BCUT2D eigenvalue weighted by molar-refractivity contribution is 6.17. The molecule has 0 saturated heterocycles. The van der Waals surface area contributed by atoms with E-state index in [-0.39, 0.29) is 22.7 Å². The van der Waals surface area contributed by atoms with Gasteiger partial charge in [-0.1, -0.05) is 0 Å². The molecule has 0 aromatic carbocycles. The summed E-state index contributed by atoms with van der Waals surface area (Å²) in [4.78, 5) is 13.1. The van der Waals surface area contributed by atoms with E-state index in [1.165, 1.54) is 6.92 Å². The van der Waals surface area contributed by atoms with Gasteiger partial charge in [-0.2, -0.15) is 0 Å². The molecular weight excluding hydrogens is 230 g/mol. The van der Waals surface area contributed by atoms with E-state index in [1.54, 1.807) is 0 Å². The zero-order valence-corrected chi connectivity index (χ0v) is 8.46. The SMILES string of the molecule is Cc1cc([N+](=O)[O-])nc(CCl)c1C(F)F. The second-order valence-corrected chi connectivity index (χ2v) is 3.12. The summed E-state index contributed by atoms with van der Waals surface area (Å²) in [7, 11) is 0. The molecule has 0 fully saturated rings. The molecule has 0 N–H and O–H groups in total. The van der Waals surface area contributed by atoms with Crippen molar-refractivity contribution < 1.29 is 13.7 Å². The van der Waals surface area contributed by atoms with Crippen LogP contribution in [0.5, 0.6) is 0 Å². The molecule has 1 aromatic heterocycles. The lowest BCUT2D eigenvalue weighted by atomic mass is 10.1. The Hall–Kier alpha value is -1.30. The lowest BCUT2D eigenvalue weighted by molar-refractivity contribution is -0.389. The lowest BCUT2D eigenvalue weighted by Crippen LogP contribution is -2.03. The molecule has 15 heavy (non-hydrogen) atoms. The zero-order valence-electron chi connectivity index (χ0n) is 7.71. The molecule has 0 aliphatic heterocycles. The van der Waals surface area contributed by atoms with Gasteiger partial charge in [0.05, 0.1) is 11.4 Å². The molecule has 0 aliphatic rings. The third-order valence-corrected chi connectivity index (χ3v) is 2.12. The number of hydrogen-bond donors (Lipinski definition) is 0. The normalized spacial score (nSPS) is 10.7. The maximum absolute atomic E-state index is 12.5. The fourth-order valence-electron chi connectivity index (χ4n) is 1.22. The third-order valence-electron chi connectivity index (χ3n) is 1.86. The molecule has 0 spiro atoms. The van der Waals surface area contributed by atoms with Crippen molar-refractivity contribution in [2.24, 2.45) is 0 Å². The molecule has 0 unspecified atom stereocenters. The minimum atomic E-state index is -2.73. The highest BCUT2D eigenvalue weighted by atomic mass is 35.5. The molecule has 0 saturated carbocycles. The summed E-state index contributed by atoms with van der Waals surface area (Å²) in [5.74, 6) is -0.741. The van der Waals surface area contributed by atoms with Crippen LogP contribution in [0.1, 0.15) is 23.2 Å². The van der Waals surface area contributed by atoms with Crippen LogP contribution < -0.4 is 0 Å². The number of aromatic nitrogens is 1. The van der Waals surface area contributed by atoms with Crippen LogP contribution in [0.4, 0.5) is 14.6 Å². The first-order valence-corrected chi connectivity index (χ1v) is 4.49. The van der Waals surface area contributed by atoms with Gasteiger partial charge in [-0.3, -0.25) is 0 Å². The Kier molecular flexibility index (Phi) is 3.52. The predicted molar refractivity (Wildman–Crippen MR) is 50.1 cm³/mol. The number of pyridine rings is 1. The van der Waals surface area contributed by atoms with E-state index in [0.717, 1.165) is 6.07 Å². The van der Waals surface area contributed by atoms with Crippen LogP contribution >= 0.6 is 11.6 Å². The molecular formula is C8H7ClF2N2O2. The van der Waals surface area contributed by atoms with Crippen molar-refractivity contribution in [2.75, 3.05) is 0 Å². The number of rotatable bonds is 3.